The molecule has 0 amide bonds. The van der Waals surface area contributed by atoms with E-state index in [-0.39, 0.29) is 0 Å². The third-order valence-corrected chi connectivity index (χ3v) is 3.58. The van der Waals surface area contributed by atoms with Crippen molar-refractivity contribution in [3.05, 3.63) is 59.2 Å². The number of para-hydroxylation sites is 1. The highest BCUT2D eigenvalue weighted by molar-refractivity contribution is 6.30. The zero-order chi connectivity index (χ0) is 14.1. The van der Waals surface area contributed by atoms with Gasteiger partial charge in [0.15, 0.2) is 0 Å². The maximum Gasteiger partial charge on any atom is 0.119 e. The number of aromatic nitrogens is 1. The predicted octanol–water partition coefficient (Wildman–Crippen LogP) is 3.99. The van der Waals surface area contributed by atoms with Crippen LogP contribution >= 0.6 is 11.6 Å². The average Bonchev–Trinajstić information content (AvgIpc) is 2.76. The van der Waals surface area contributed by atoms with Crippen LogP contribution in [0.25, 0.3) is 10.9 Å². The number of nitrogen functional groups attached to an aromatic ring is 1. The first-order valence-corrected chi connectivity index (χ1v) is 6.74. The topological polar surface area (TPSA) is 40.2 Å². The maximum atomic E-state index is 6.02. The standard InChI is InChI=1S/C16H15ClN2O/c1-19-9-11(14-3-2-4-15(18)16(14)19)10-20-13-7-5-12(17)6-8-13/h2-9H,10,18H2,1H3. The molecule has 1 heterocycles. The Morgan fingerprint density at radius 1 is 1.15 bits per heavy atom. The third-order valence-electron chi connectivity index (χ3n) is 3.32. The van der Waals surface area contributed by atoms with Crippen molar-refractivity contribution in [2.75, 3.05) is 5.73 Å². The van der Waals surface area contributed by atoms with Gasteiger partial charge in [-0.1, -0.05) is 23.7 Å². The summed E-state index contributed by atoms with van der Waals surface area (Å²) in [5.41, 5.74) is 8.96. The van der Waals surface area contributed by atoms with Crippen LogP contribution in [-0.2, 0) is 13.7 Å². The fourth-order valence-electron chi connectivity index (χ4n) is 2.39. The van der Waals surface area contributed by atoms with Gasteiger partial charge in [0.25, 0.3) is 0 Å². The summed E-state index contributed by atoms with van der Waals surface area (Å²) >= 11 is 5.85. The molecule has 0 bridgehead atoms. The van der Waals surface area contributed by atoms with Gasteiger partial charge in [-0.05, 0) is 30.3 Å². The molecule has 0 spiro atoms. The Hall–Kier alpha value is -2.13. The van der Waals surface area contributed by atoms with Crippen LogP contribution in [-0.4, -0.2) is 4.57 Å². The van der Waals surface area contributed by atoms with E-state index in [1.54, 1.807) is 0 Å². The lowest BCUT2D eigenvalue weighted by Crippen LogP contribution is -1.94. The largest absolute Gasteiger partial charge is 0.489 e. The molecule has 0 aliphatic heterocycles. The Kier molecular flexibility index (Phi) is 3.28. The van der Waals surface area contributed by atoms with E-state index in [1.807, 2.05) is 48.0 Å². The number of fused-ring (bicyclic) bond motifs is 1. The molecule has 0 saturated heterocycles. The summed E-state index contributed by atoms with van der Waals surface area (Å²) in [4.78, 5) is 0. The highest BCUT2D eigenvalue weighted by Crippen LogP contribution is 2.26. The maximum absolute atomic E-state index is 6.02. The molecule has 0 fully saturated rings. The smallest absolute Gasteiger partial charge is 0.119 e. The number of aryl methyl sites for hydroxylation is 1. The molecule has 0 unspecified atom stereocenters. The first-order valence-electron chi connectivity index (χ1n) is 6.36. The minimum atomic E-state index is 0.502. The molecule has 0 atom stereocenters. The summed E-state index contributed by atoms with van der Waals surface area (Å²) in [6, 6.07) is 13.3. The summed E-state index contributed by atoms with van der Waals surface area (Å²) < 4.78 is 7.83. The molecule has 0 aliphatic carbocycles. The molecule has 0 saturated carbocycles. The quantitative estimate of drug-likeness (QED) is 0.740. The molecule has 2 N–H and O–H groups in total. The van der Waals surface area contributed by atoms with Crippen molar-refractivity contribution < 1.29 is 4.74 Å². The van der Waals surface area contributed by atoms with Crippen LogP contribution in [0, 0.1) is 0 Å². The van der Waals surface area contributed by atoms with E-state index in [9.17, 15) is 0 Å². The van der Waals surface area contributed by atoms with E-state index in [2.05, 4.69) is 12.3 Å². The summed E-state index contributed by atoms with van der Waals surface area (Å²) in [6.45, 7) is 0.502. The van der Waals surface area contributed by atoms with Gasteiger partial charge < -0.3 is 15.0 Å². The van der Waals surface area contributed by atoms with Gasteiger partial charge in [0.2, 0.25) is 0 Å². The Morgan fingerprint density at radius 3 is 2.65 bits per heavy atom. The average molecular weight is 287 g/mol. The van der Waals surface area contributed by atoms with Crippen LogP contribution in [0.5, 0.6) is 5.75 Å². The lowest BCUT2D eigenvalue weighted by molar-refractivity contribution is 0.307. The Balaban J connectivity index is 1.88. The number of anilines is 1. The fourth-order valence-corrected chi connectivity index (χ4v) is 2.51. The summed E-state index contributed by atoms with van der Waals surface area (Å²) in [5, 5.41) is 1.83. The highest BCUT2D eigenvalue weighted by Gasteiger charge is 2.09. The van der Waals surface area contributed by atoms with Crippen molar-refractivity contribution >= 4 is 28.2 Å². The second-order valence-electron chi connectivity index (χ2n) is 4.75. The molecular formula is C16H15ClN2O. The van der Waals surface area contributed by atoms with Gasteiger partial charge >= 0.3 is 0 Å². The van der Waals surface area contributed by atoms with Gasteiger partial charge in [0, 0.05) is 29.2 Å². The molecule has 102 valence electrons. The van der Waals surface area contributed by atoms with Crippen molar-refractivity contribution in [1.29, 1.82) is 0 Å². The Morgan fingerprint density at radius 2 is 1.90 bits per heavy atom. The van der Waals surface area contributed by atoms with E-state index in [0.29, 0.717) is 11.6 Å². The number of halogens is 1. The molecule has 3 nitrogen and oxygen atoms in total. The summed E-state index contributed by atoms with van der Waals surface area (Å²) in [7, 11) is 1.99. The molecule has 2 aromatic carbocycles. The first kappa shape index (κ1) is 12.9. The lowest BCUT2D eigenvalue weighted by Gasteiger charge is -2.05. The Bertz CT molecular complexity index is 747. The summed E-state index contributed by atoms with van der Waals surface area (Å²) in [6.07, 6.45) is 2.05. The summed E-state index contributed by atoms with van der Waals surface area (Å²) in [5.74, 6) is 0.801. The highest BCUT2D eigenvalue weighted by atomic mass is 35.5. The van der Waals surface area contributed by atoms with Crippen molar-refractivity contribution in [3.63, 3.8) is 0 Å². The van der Waals surface area contributed by atoms with E-state index < -0.39 is 0 Å². The predicted molar refractivity (Wildman–Crippen MR) is 83.1 cm³/mol. The molecule has 0 aliphatic rings. The van der Waals surface area contributed by atoms with Gasteiger partial charge in [0.05, 0.1) is 11.2 Å². The number of ether oxygens (including phenoxy) is 1. The van der Waals surface area contributed by atoms with Gasteiger partial charge in [0.1, 0.15) is 12.4 Å². The molecule has 20 heavy (non-hydrogen) atoms. The van der Waals surface area contributed by atoms with Crippen molar-refractivity contribution in [3.8, 4) is 5.75 Å². The molecule has 0 radical (unpaired) electrons. The zero-order valence-electron chi connectivity index (χ0n) is 11.1. The number of nitrogens with two attached hydrogens (primary N) is 1. The van der Waals surface area contributed by atoms with Crippen LogP contribution in [0.1, 0.15) is 5.56 Å². The van der Waals surface area contributed by atoms with Crippen molar-refractivity contribution in [2.45, 2.75) is 6.61 Å². The molecule has 4 heteroatoms. The van der Waals surface area contributed by atoms with Crippen LogP contribution in [0.2, 0.25) is 5.02 Å². The van der Waals surface area contributed by atoms with Crippen LogP contribution in [0.15, 0.2) is 48.7 Å². The molecule has 3 rings (SSSR count). The SMILES string of the molecule is Cn1cc(COc2ccc(Cl)cc2)c2cccc(N)c21. The molecule has 3 aromatic rings. The molecule has 1 aromatic heterocycles. The monoisotopic (exact) mass is 286 g/mol. The number of rotatable bonds is 3. The van der Waals surface area contributed by atoms with E-state index in [0.717, 1.165) is 27.9 Å². The minimum Gasteiger partial charge on any atom is -0.489 e. The van der Waals surface area contributed by atoms with Gasteiger partial charge in [-0.2, -0.15) is 0 Å². The van der Waals surface area contributed by atoms with Gasteiger partial charge in [-0.3, -0.25) is 0 Å². The lowest BCUT2D eigenvalue weighted by atomic mass is 10.1. The van der Waals surface area contributed by atoms with Crippen molar-refractivity contribution in [1.82, 2.24) is 4.57 Å². The van der Waals surface area contributed by atoms with Crippen LogP contribution in [0.4, 0.5) is 5.69 Å². The third kappa shape index (κ3) is 2.32. The van der Waals surface area contributed by atoms with E-state index in [1.165, 1.54) is 0 Å². The van der Waals surface area contributed by atoms with E-state index in [4.69, 9.17) is 22.1 Å². The van der Waals surface area contributed by atoms with Crippen LogP contribution < -0.4 is 10.5 Å². The zero-order valence-corrected chi connectivity index (χ0v) is 11.9. The number of nitrogens with zero attached hydrogens (tertiary/aromatic N) is 1. The van der Waals surface area contributed by atoms with Gasteiger partial charge in [-0.25, -0.2) is 0 Å². The normalized spacial score (nSPS) is 10.9. The first-order chi connectivity index (χ1) is 9.65. The van der Waals surface area contributed by atoms with Crippen LogP contribution in [0.3, 0.4) is 0 Å². The van der Waals surface area contributed by atoms with Crippen molar-refractivity contribution in [2.24, 2.45) is 7.05 Å². The van der Waals surface area contributed by atoms with E-state index >= 15 is 0 Å². The number of hydrogen-bond acceptors (Lipinski definition) is 2. The number of benzene rings is 2. The second kappa shape index (κ2) is 5.10. The minimum absolute atomic E-state index is 0.502. The Labute approximate surface area is 122 Å². The fraction of sp³-hybridized carbons (Fsp3) is 0.125. The number of hydrogen-bond donors (Lipinski definition) is 1. The van der Waals surface area contributed by atoms with Gasteiger partial charge in [-0.15, -0.1) is 0 Å². The molecular weight excluding hydrogens is 272 g/mol. The second-order valence-corrected chi connectivity index (χ2v) is 5.19.